The number of aliphatic hydroxyl groups excluding tert-OH is 1. The van der Waals surface area contributed by atoms with Gasteiger partial charge in [0.05, 0.1) is 30.5 Å². The molecule has 1 aliphatic rings. The van der Waals surface area contributed by atoms with Gasteiger partial charge in [0, 0.05) is 5.39 Å². The highest BCUT2D eigenvalue weighted by Gasteiger charge is 2.30. The lowest BCUT2D eigenvalue weighted by Gasteiger charge is -2.31. The molecule has 1 aromatic heterocycles. The maximum absolute atomic E-state index is 9.41. The van der Waals surface area contributed by atoms with Crippen LogP contribution in [0.2, 0.25) is 0 Å². The summed E-state index contributed by atoms with van der Waals surface area (Å²) in [6, 6.07) is 6.47. The molecule has 1 aliphatic carbocycles. The highest BCUT2D eigenvalue weighted by atomic mass is 16.5. The van der Waals surface area contributed by atoms with E-state index in [1.807, 2.05) is 23.0 Å². The molecule has 0 bridgehead atoms. The Bertz CT molecular complexity index is 585. The van der Waals surface area contributed by atoms with Crippen molar-refractivity contribution in [1.82, 2.24) is 9.78 Å². The molecule has 0 aliphatic heterocycles. The molecule has 0 spiro atoms. The van der Waals surface area contributed by atoms with Crippen LogP contribution >= 0.6 is 0 Å². The predicted molar refractivity (Wildman–Crippen MR) is 79.0 cm³/mol. The molecule has 108 valence electrons. The standard InChI is InChI=1S/C16H22N2O2/c1-11(2)5-6-20-15-3-4-16-12(7-15)10-17-18(16)13-8-14(19)9-13/h3-4,7,10-11,13-14,19H,5-6,8-9H2,1-2H3. The first-order valence-electron chi connectivity index (χ1n) is 7.41. The van der Waals surface area contributed by atoms with Crippen LogP contribution in [0, 0.1) is 5.92 Å². The summed E-state index contributed by atoms with van der Waals surface area (Å²) in [5.74, 6) is 1.57. The number of benzene rings is 1. The van der Waals surface area contributed by atoms with Crippen LogP contribution in [-0.4, -0.2) is 27.6 Å². The third-order valence-electron chi connectivity index (χ3n) is 3.97. The van der Waals surface area contributed by atoms with Gasteiger partial charge in [-0.3, -0.25) is 4.68 Å². The summed E-state index contributed by atoms with van der Waals surface area (Å²) in [4.78, 5) is 0. The Balaban J connectivity index is 1.72. The van der Waals surface area contributed by atoms with Crippen molar-refractivity contribution in [3.8, 4) is 5.75 Å². The average molecular weight is 274 g/mol. The van der Waals surface area contributed by atoms with E-state index in [0.29, 0.717) is 12.0 Å². The van der Waals surface area contributed by atoms with Gasteiger partial charge in [0.15, 0.2) is 0 Å². The van der Waals surface area contributed by atoms with Crippen LogP contribution in [0.25, 0.3) is 10.9 Å². The largest absolute Gasteiger partial charge is 0.494 e. The third-order valence-corrected chi connectivity index (χ3v) is 3.97. The molecule has 1 fully saturated rings. The summed E-state index contributed by atoms with van der Waals surface area (Å²) in [7, 11) is 0. The molecule has 1 aromatic carbocycles. The van der Waals surface area contributed by atoms with E-state index >= 15 is 0 Å². The Kier molecular flexibility index (Phi) is 3.66. The van der Waals surface area contributed by atoms with Crippen LogP contribution in [-0.2, 0) is 0 Å². The lowest BCUT2D eigenvalue weighted by molar-refractivity contribution is 0.0453. The quantitative estimate of drug-likeness (QED) is 0.911. The highest BCUT2D eigenvalue weighted by molar-refractivity contribution is 5.80. The predicted octanol–water partition coefficient (Wildman–Crippen LogP) is 3.16. The molecule has 0 atom stereocenters. The number of hydrogen-bond acceptors (Lipinski definition) is 3. The molecule has 2 aromatic rings. The maximum Gasteiger partial charge on any atom is 0.120 e. The second kappa shape index (κ2) is 5.44. The van der Waals surface area contributed by atoms with Gasteiger partial charge in [-0.05, 0) is 43.4 Å². The SMILES string of the molecule is CC(C)CCOc1ccc2c(cnn2C2CC(O)C2)c1. The van der Waals surface area contributed by atoms with E-state index in [4.69, 9.17) is 4.74 Å². The molecule has 4 heteroatoms. The first kappa shape index (κ1) is 13.4. The van der Waals surface area contributed by atoms with E-state index in [0.717, 1.165) is 42.5 Å². The fourth-order valence-electron chi connectivity index (χ4n) is 2.58. The van der Waals surface area contributed by atoms with Crippen LogP contribution in [0.15, 0.2) is 24.4 Å². The Morgan fingerprint density at radius 1 is 1.40 bits per heavy atom. The lowest BCUT2D eigenvalue weighted by Crippen LogP contribution is -2.31. The Labute approximate surface area is 119 Å². The van der Waals surface area contributed by atoms with E-state index in [1.54, 1.807) is 0 Å². The molecule has 0 saturated heterocycles. The van der Waals surface area contributed by atoms with Crippen molar-refractivity contribution >= 4 is 10.9 Å². The number of nitrogens with zero attached hydrogens (tertiary/aromatic N) is 2. The average Bonchev–Trinajstić information content (AvgIpc) is 2.77. The third kappa shape index (κ3) is 2.66. The molecule has 0 unspecified atom stereocenters. The monoisotopic (exact) mass is 274 g/mol. The molecule has 0 radical (unpaired) electrons. The molecular formula is C16H22N2O2. The van der Waals surface area contributed by atoms with Gasteiger partial charge in [-0.1, -0.05) is 13.8 Å². The van der Waals surface area contributed by atoms with E-state index in [9.17, 15) is 5.11 Å². The van der Waals surface area contributed by atoms with Crippen molar-refractivity contribution in [1.29, 1.82) is 0 Å². The highest BCUT2D eigenvalue weighted by Crippen LogP contribution is 2.34. The molecule has 1 saturated carbocycles. The van der Waals surface area contributed by atoms with Crippen molar-refractivity contribution < 1.29 is 9.84 Å². The molecule has 20 heavy (non-hydrogen) atoms. The van der Waals surface area contributed by atoms with Crippen LogP contribution in [0.3, 0.4) is 0 Å². The Morgan fingerprint density at radius 2 is 2.20 bits per heavy atom. The van der Waals surface area contributed by atoms with E-state index in [-0.39, 0.29) is 6.10 Å². The van der Waals surface area contributed by atoms with Gasteiger partial charge in [0.2, 0.25) is 0 Å². The summed E-state index contributed by atoms with van der Waals surface area (Å²) < 4.78 is 7.80. The van der Waals surface area contributed by atoms with E-state index in [2.05, 4.69) is 25.0 Å². The second-order valence-corrected chi connectivity index (χ2v) is 6.12. The zero-order valence-electron chi connectivity index (χ0n) is 12.1. The van der Waals surface area contributed by atoms with Crippen LogP contribution in [0.5, 0.6) is 5.75 Å². The zero-order valence-corrected chi connectivity index (χ0v) is 12.1. The Hall–Kier alpha value is -1.55. The maximum atomic E-state index is 9.41. The normalized spacial score (nSPS) is 22.2. The van der Waals surface area contributed by atoms with Crippen molar-refractivity contribution in [2.75, 3.05) is 6.61 Å². The van der Waals surface area contributed by atoms with E-state index < -0.39 is 0 Å². The second-order valence-electron chi connectivity index (χ2n) is 6.12. The first-order valence-corrected chi connectivity index (χ1v) is 7.41. The molecule has 1 N–H and O–H groups in total. The summed E-state index contributed by atoms with van der Waals surface area (Å²) >= 11 is 0. The number of fused-ring (bicyclic) bond motifs is 1. The van der Waals surface area contributed by atoms with Gasteiger partial charge >= 0.3 is 0 Å². The van der Waals surface area contributed by atoms with Crippen LogP contribution < -0.4 is 4.74 Å². The zero-order chi connectivity index (χ0) is 14.1. The van der Waals surface area contributed by atoms with Crippen molar-refractivity contribution in [3.63, 3.8) is 0 Å². The summed E-state index contributed by atoms with van der Waals surface area (Å²) in [6.45, 7) is 5.15. The minimum absolute atomic E-state index is 0.155. The fraction of sp³-hybridized carbons (Fsp3) is 0.562. The Morgan fingerprint density at radius 3 is 2.90 bits per heavy atom. The van der Waals surface area contributed by atoms with Gasteiger partial charge in [-0.2, -0.15) is 5.10 Å². The number of hydrogen-bond donors (Lipinski definition) is 1. The smallest absolute Gasteiger partial charge is 0.120 e. The molecule has 1 heterocycles. The van der Waals surface area contributed by atoms with Gasteiger partial charge in [0.25, 0.3) is 0 Å². The minimum Gasteiger partial charge on any atom is -0.494 e. The van der Waals surface area contributed by atoms with Crippen LogP contribution in [0.1, 0.15) is 39.2 Å². The van der Waals surface area contributed by atoms with E-state index in [1.165, 1.54) is 0 Å². The van der Waals surface area contributed by atoms with Gasteiger partial charge < -0.3 is 9.84 Å². The summed E-state index contributed by atoms with van der Waals surface area (Å²) in [6.07, 6.45) is 4.41. The molecular weight excluding hydrogens is 252 g/mol. The fourth-order valence-corrected chi connectivity index (χ4v) is 2.58. The number of ether oxygens (including phenoxy) is 1. The summed E-state index contributed by atoms with van der Waals surface area (Å²) in [5.41, 5.74) is 1.12. The number of rotatable bonds is 5. The van der Waals surface area contributed by atoms with Gasteiger partial charge in [0.1, 0.15) is 5.75 Å². The van der Waals surface area contributed by atoms with Crippen molar-refractivity contribution in [3.05, 3.63) is 24.4 Å². The van der Waals surface area contributed by atoms with Gasteiger partial charge in [-0.15, -0.1) is 0 Å². The number of aliphatic hydroxyl groups is 1. The van der Waals surface area contributed by atoms with Crippen LogP contribution in [0.4, 0.5) is 0 Å². The molecule has 3 rings (SSSR count). The molecule has 4 nitrogen and oxygen atoms in total. The van der Waals surface area contributed by atoms with Crippen molar-refractivity contribution in [2.24, 2.45) is 5.92 Å². The topological polar surface area (TPSA) is 47.3 Å². The van der Waals surface area contributed by atoms with Gasteiger partial charge in [-0.25, -0.2) is 0 Å². The van der Waals surface area contributed by atoms with Crippen molar-refractivity contribution in [2.45, 2.75) is 45.3 Å². The summed E-state index contributed by atoms with van der Waals surface area (Å²) in [5, 5.41) is 15.0. The minimum atomic E-state index is -0.155. The number of aromatic nitrogens is 2. The first-order chi connectivity index (χ1) is 9.63. The molecule has 0 amide bonds. The lowest BCUT2D eigenvalue weighted by atomic mass is 9.89.